The van der Waals surface area contributed by atoms with Crippen LogP contribution in [0.3, 0.4) is 0 Å². The zero-order chi connectivity index (χ0) is 20.1. The van der Waals surface area contributed by atoms with Crippen LogP contribution in [0.15, 0.2) is 42.5 Å². The van der Waals surface area contributed by atoms with E-state index in [-0.39, 0.29) is 6.10 Å². The number of hydrogen-bond donors (Lipinski definition) is 2. The summed E-state index contributed by atoms with van der Waals surface area (Å²) >= 11 is 0. The lowest BCUT2D eigenvalue weighted by molar-refractivity contribution is 0.0679. The monoisotopic (exact) mass is 398 g/mol. The van der Waals surface area contributed by atoms with E-state index in [2.05, 4.69) is 10.9 Å². The highest BCUT2D eigenvalue weighted by atomic mass is 16.6. The molecule has 2 aromatic carbocycles. The van der Waals surface area contributed by atoms with Gasteiger partial charge in [-0.3, -0.25) is 20.4 Å². The summed E-state index contributed by atoms with van der Waals surface area (Å²) in [5, 5.41) is 0. The summed E-state index contributed by atoms with van der Waals surface area (Å²) in [5.41, 5.74) is 5.55. The van der Waals surface area contributed by atoms with Crippen LogP contribution in [0, 0.1) is 0 Å². The number of rotatable bonds is 5. The lowest BCUT2D eigenvalue weighted by Crippen LogP contribution is -2.41. The summed E-state index contributed by atoms with van der Waals surface area (Å²) in [7, 11) is 0. The Bertz CT molecular complexity index is 877. The molecule has 1 fully saturated rings. The molecule has 0 saturated carbocycles. The van der Waals surface area contributed by atoms with Crippen molar-refractivity contribution >= 4 is 11.8 Å². The molecule has 152 valence electrons. The average Bonchev–Trinajstić information content (AvgIpc) is 3.29. The van der Waals surface area contributed by atoms with Gasteiger partial charge in [0.05, 0.1) is 6.10 Å². The molecule has 0 radical (unpaired) electrons. The van der Waals surface area contributed by atoms with Gasteiger partial charge in [-0.1, -0.05) is 0 Å². The fourth-order valence-corrected chi connectivity index (χ4v) is 3.11. The number of carbonyl (C=O) groups excluding carboxylic acids is 2. The van der Waals surface area contributed by atoms with E-state index < -0.39 is 11.8 Å². The van der Waals surface area contributed by atoms with Gasteiger partial charge in [0.2, 0.25) is 0 Å². The molecule has 8 nitrogen and oxygen atoms in total. The number of amides is 2. The Morgan fingerprint density at radius 1 is 0.897 bits per heavy atom. The van der Waals surface area contributed by atoms with Gasteiger partial charge in [0, 0.05) is 17.7 Å². The first-order valence-corrected chi connectivity index (χ1v) is 9.54. The Morgan fingerprint density at radius 2 is 1.59 bits per heavy atom. The maximum atomic E-state index is 12.3. The van der Waals surface area contributed by atoms with E-state index in [1.54, 1.807) is 42.5 Å². The van der Waals surface area contributed by atoms with Gasteiger partial charge in [-0.25, -0.2) is 0 Å². The molecule has 2 N–H and O–H groups in total. The minimum atomic E-state index is -0.452. The number of nitrogens with one attached hydrogen (secondary N) is 2. The van der Waals surface area contributed by atoms with Crippen LogP contribution in [-0.2, 0) is 4.74 Å². The van der Waals surface area contributed by atoms with E-state index in [4.69, 9.17) is 18.9 Å². The minimum absolute atomic E-state index is 0.133. The lowest BCUT2D eigenvalue weighted by Gasteiger charge is -2.18. The zero-order valence-electron chi connectivity index (χ0n) is 15.8. The molecule has 2 aliphatic rings. The molecule has 0 aromatic heterocycles. The van der Waals surface area contributed by atoms with Crippen LogP contribution in [0.2, 0.25) is 0 Å². The van der Waals surface area contributed by atoms with Gasteiger partial charge >= 0.3 is 0 Å². The van der Waals surface area contributed by atoms with Crippen LogP contribution in [-0.4, -0.2) is 44.3 Å². The van der Waals surface area contributed by atoms with Gasteiger partial charge in [0.15, 0.2) is 11.5 Å². The maximum Gasteiger partial charge on any atom is 0.269 e. The molecule has 2 heterocycles. The Hall–Kier alpha value is -3.26. The summed E-state index contributed by atoms with van der Waals surface area (Å²) in [6.45, 7) is 2.19. The first-order valence-electron chi connectivity index (χ1n) is 9.54. The molecule has 0 bridgehead atoms. The largest absolute Gasteiger partial charge is 0.491 e. The number of carbonyl (C=O) groups is 2. The van der Waals surface area contributed by atoms with E-state index in [9.17, 15) is 9.59 Å². The smallest absolute Gasteiger partial charge is 0.269 e. The third-order valence-electron chi connectivity index (χ3n) is 4.67. The first kappa shape index (κ1) is 19.1. The Balaban J connectivity index is 1.28. The topological polar surface area (TPSA) is 95.1 Å². The molecule has 0 spiro atoms. The van der Waals surface area contributed by atoms with Gasteiger partial charge in [-0.2, -0.15) is 0 Å². The van der Waals surface area contributed by atoms with Crippen molar-refractivity contribution in [2.75, 3.05) is 26.4 Å². The van der Waals surface area contributed by atoms with Crippen molar-refractivity contribution in [3.8, 4) is 17.2 Å². The van der Waals surface area contributed by atoms with E-state index in [1.165, 1.54) is 0 Å². The molecule has 1 atom stereocenters. The summed E-state index contributed by atoms with van der Waals surface area (Å²) in [6.07, 6.45) is 2.20. The molecular formula is C21H22N2O6. The van der Waals surface area contributed by atoms with Crippen LogP contribution in [0.4, 0.5) is 0 Å². The van der Waals surface area contributed by atoms with Crippen molar-refractivity contribution in [3.63, 3.8) is 0 Å². The SMILES string of the molecule is O=C(NNC(=O)c1ccc2c(c1)OCCO2)c1ccc(OC[C@H]2CCCO2)cc1. The molecular weight excluding hydrogens is 376 g/mol. The fourth-order valence-electron chi connectivity index (χ4n) is 3.11. The van der Waals surface area contributed by atoms with Crippen LogP contribution >= 0.6 is 0 Å². The summed E-state index contributed by atoms with van der Waals surface area (Å²) < 4.78 is 22.1. The molecule has 0 aliphatic carbocycles. The predicted molar refractivity (Wildman–Crippen MR) is 103 cm³/mol. The predicted octanol–water partition coefficient (Wildman–Crippen LogP) is 2.09. The highest BCUT2D eigenvalue weighted by Gasteiger charge is 2.17. The molecule has 2 aliphatic heterocycles. The summed E-state index contributed by atoms with van der Waals surface area (Å²) in [4.78, 5) is 24.5. The van der Waals surface area contributed by atoms with Crippen LogP contribution < -0.4 is 25.1 Å². The zero-order valence-corrected chi connectivity index (χ0v) is 15.8. The van der Waals surface area contributed by atoms with Crippen molar-refractivity contribution in [2.24, 2.45) is 0 Å². The third-order valence-corrected chi connectivity index (χ3v) is 4.67. The van der Waals surface area contributed by atoms with E-state index in [1.807, 2.05) is 0 Å². The van der Waals surface area contributed by atoms with Crippen molar-refractivity contribution in [2.45, 2.75) is 18.9 Å². The first-order chi connectivity index (χ1) is 14.2. The van der Waals surface area contributed by atoms with Crippen LogP contribution in [0.5, 0.6) is 17.2 Å². The van der Waals surface area contributed by atoms with E-state index in [0.29, 0.717) is 48.2 Å². The highest BCUT2D eigenvalue weighted by Crippen LogP contribution is 2.30. The summed E-state index contributed by atoms with van der Waals surface area (Å²) in [6, 6.07) is 11.6. The molecule has 4 rings (SSSR count). The average molecular weight is 398 g/mol. The Labute approximate surface area is 168 Å². The van der Waals surface area contributed by atoms with Crippen molar-refractivity contribution in [3.05, 3.63) is 53.6 Å². The lowest BCUT2D eigenvalue weighted by atomic mass is 10.2. The quantitative estimate of drug-likeness (QED) is 0.749. The number of ether oxygens (including phenoxy) is 4. The van der Waals surface area contributed by atoms with Gasteiger partial charge in [0.1, 0.15) is 25.6 Å². The van der Waals surface area contributed by atoms with Crippen LogP contribution in [0.1, 0.15) is 33.6 Å². The Kier molecular flexibility index (Phi) is 5.81. The summed E-state index contributed by atoms with van der Waals surface area (Å²) in [5.74, 6) is 0.887. The van der Waals surface area contributed by atoms with Gasteiger partial charge in [0.25, 0.3) is 11.8 Å². The second-order valence-electron chi connectivity index (χ2n) is 6.74. The fraction of sp³-hybridized carbons (Fsp3) is 0.333. The molecule has 2 amide bonds. The molecule has 1 saturated heterocycles. The van der Waals surface area contributed by atoms with Gasteiger partial charge in [-0.05, 0) is 55.3 Å². The number of hydrogen-bond acceptors (Lipinski definition) is 6. The van der Waals surface area contributed by atoms with Crippen molar-refractivity contribution in [1.82, 2.24) is 10.9 Å². The highest BCUT2D eigenvalue weighted by molar-refractivity contribution is 5.99. The number of fused-ring (bicyclic) bond motifs is 1. The van der Waals surface area contributed by atoms with Gasteiger partial charge in [-0.15, -0.1) is 0 Å². The van der Waals surface area contributed by atoms with Crippen molar-refractivity contribution in [1.29, 1.82) is 0 Å². The number of hydrazine groups is 1. The van der Waals surface area contributed by atoms with Crippen LogP contribution in [0.25, 0.3) is 0 Å². The second kappa shape index (κ2) is 8.83. The molecule has 8 heteroatoms. The van der Waals surface area contributed by atoms with Crippen molar-refractivity contribution < 1.29 is 28.5 Å². The Morgan fingerprint density at radius 3 is 2.31 bits per heavy atom. The molecule has 2 aromatic rings. The normalized spacial score (nSPS) is 17.4. The van der Waals surface area contributed by atoms with Gasteiger partial charge < -0.3 is 18.9 Å². The number of benzene rings is 2. The third kappa shape index (κ3) is 4.78. The minimum Gasteiger partial charge on any atom is -0.491 e. The van der Waals surface area contributed by atoms with E-state index >= 15 is 0 Å². The molecule has 29 heavy (non-hydrogen) atoms. The van der Waals surface area contributed by atoms with E-state index in [0.717, 1.165) is 19.4 Å². The second-order valence-corrected chi connectivity index (χ2v) is 6.74. The molecule has 0 unspecified atom stereocenters. The maximum absolute atomic E-state index is 12.3. The standard InChI is InChI=1S/C21H22N2O6/c24-20(14-3-6-16(7-4-14)29-13-17-2-1-9-26-17)22-23-21(25)15-5-8-18-19(12-15)28-11-10-27-18/h3-8,12,17H,1-2,9-11,13H2,(H,22,24)(H,23,25)/t17-/m1/s1.